The second-order valence-electron chi connectivity index (χ2n) is 4.04. The molecule has 3 N–H and O–H groups in total. The monoisotopic (exact) mass is 224 g/mol. The van der Waals surface area contributed by atoms with Crippen molar-refractivity contribution in [1.82, 2.24) is 5.43 Å². The molecule has 1 aromatic heterocycles. The maximum atomic E-state index is 11.5. The van der Waals surface area contributed by atoms with Crippen molar-refractivity contribution < 1.29 is 4.79 Å². The van der Waals surface area contributed by atoms with Gasteiger partial charge in [0.25, 0.3) is 5.91 Å². The predicted molar refractivity (Wildman–Crippen MR) is 61.8 cm³/mol. The third-order valence-electron chi connectivity index (χ3n) is 3.21. The van der Waals surface area contributed by atoms with Crippen molar-refractivity contribution in [1.29, 1.82) is 0 Å². The molecule has 0 saturated carbocycles. The Kier molecular flexibility index (Phi) is 3.07. The van der Waals surface area contributed by atoms with Gasteiger partial charge in [0.2, 0.25) is 0 Å². The summed E-state index contributed by atoms with van der Waals surface area (Å²) in [5, 5.41) is 1.94. The summed E-state index contributed by atoms with van der Waals surface area (Å²) in [6, 6.07) is 0. The van der Waals surface area contributed by atoms with Crippen LogP contribution in [0.3, 0.4) is 0 Å². The predicted octanol–water partition coefficient (Wildman–Crippen LogP) is 1.87. The third kappa shape index (κ3) is 1.92. The maximum Gasteiger partial charge on any atom is 0.266 e. The first-order valence-electron chi connectivity index (χ1n) is 5.36. The number of fused-ring (bicyclic) bond motifs is 1. The van der Waals surface area contributed by atoms with Crippen LogP contribution in [-0.2, 0) is 12.8 Å². The lowest BCUT2D eigenvalue weighted by atomic mass is 9.86. The van der Waals surface area contributed by atoms with E-state index in [1.54, 1.807) is 11.3 Å². The normalized spacial score (nSPS) is 19.7. The number of thiophene rings is 1. The largest absolute Gasteiger partial charge is 0.290 e. The Morgan fingerprint density at radius 2 is 2.53 bits per heavy atom. The van der Waals surface area contributed by atoms with Gasteiger partial charge in [0, 0.05) is 10.3 Å². The van der Waals surface area contributed by atoms with Gasteiger partial charge < -0.3 is 0 Å². The molecular weight excluding hydrogens is 208 g/mol. The summed E-state index contributed by atoms with van der Waals surface area (Å²) in [6.07, 6.45) is 4.59. The van der Waals surface area contributed by atoms with Crippen molar-refractivity contribution >= 4 is 17.2 Å². The molecule has 0 saturated heterocycles. The molecule has 1 unspecified atom stereocenters. The fourth-order valence-corrected chi connectivity index (χ4v) is 3.39. The van der Waals surface area contributed by atoms with E-state index in [2.05, 4.69) is 12.3 Å². The number of hydrazine groups is 1. The Morgan fingerprint density at radius 3 is 3.20 bits per heavy atom. The fraction of sp³-hybridized carbons (Fsp3) is 0.545. The SMILES string of the molecule is CCC1CCc2c(C(=O)NN)csc2C1. The molecule has 0 radical (unpaired) electrons. The first-order valence-corrected chi connectivity index (χ1v) is 6.24. The van der Waals surface area contributed by atoms with Gasteiger partial charge in [-0.05, 0) is 30.7 Å². The minimum absolute atomic E-state index is 0.151. The van der Waals surface area contributed by atoms with E-state index in [-0.39, 0.29) is 5.91 Å². The van der Waals surface area contributed by atoms with Gasteiger partial charge in [0.15, 0.2) is 0 Å². The Balaban J connectivity index is 2.26. The van der Waals surface area contributed by atoms with Gasteiger partial charge in [-0.15, -0.1) is 11.3 Å². The summed E-state index contributed by atoms with van der Waals surface area (Å²) >= 11 is 1.70. The quantitative estimate of drug-likeness (QED) is 0.458. The second kappa shape index (κ2) is 4.33. The van der Waals surface area contributed by atoms with E-state index in [4.69, 9.17) is 5.84 Å². The molecule has 1 heterocycles. The second-order valence-corrected chi connectivity index (χ2v) is 5.01. The highest BCUT2D eigenvalue weighted by Crippen LogP contribution is 2.33. The fourth-order valence-electron chi connectivity index (χ4n) is 2.20. The van der Waals surface area contributed by atoms with Gasteiger partial charge in [-0.1, -0.05) is 13.3 Å². The van der Waals surface area contributed by atoms with Crippen molar-refractivity contribution in [3.05, 3.63) is 21.4 Å². The molecular formula is C11H16N2OS. The summed E-state index contributed by atoms with van der Waals surface area (Å²) in [5.41, 5.74) is 4.22. The molecule has 0 spiro atoms. The van der Waals surface area contributed by atoms with Gasteiger partial charge in [-0.3, -0.25) is 10.2 Å². The number of nitrogens with two attached hydrogens (primary N) is 1. The molecule has 1 aromatic rings. The summed E-state index contributed by atoms with van der Waals surface area (Å²) in [7, 11) is 0. The molecule has 1 amide bonds. The van der Waals surface area contributed by atoms with Gasteiger partial charge in [-0.25, -0.2) is 5.84 Å². The highest BCUT2D eigenvalue weighted by atomic mass is 32.1. The van der Waals surface area contributed by atoms with Crippen LogP contribution in [-0.4, -0.2) is 5.91 Å². The third-order valence-corrected chi connectivity index (χ3v) is 4.26. The summed E-state index contributed by atoms with van der Waals surface area (Å²) in [4.78, 5) is 12.8. The van der Waals surface area contributed by atoms with Crippen molar-refractivity contribution in [2.45, 2.75) is 32.6 Å². The van der Waals surface area contributed by atoms with E-state index in [9.17, 15) is 4.79 Å². The highest BCUT2D eigenvalue weighted by molar-refractivity contribution is 7.10. The van der Waals surface area contributed by atoms with E-state index in [1.165, 1.54) is 23.3 Å². The van der Waals surface area contributed by atoms with Crippen molar-refractivity contribution in [2.24, 2.45) is 11.8 Å². The molecule has 1 aliphatic rings. The molecule has 0 aromatic carbocycles. The number of amides is 1. The Labute approximate surface area is 93.6 Å². The minimum atomic E-state index is -0.151. The Morgan fingerprint density at radius 1 is 1.73 bits per heavy atom. The van der Waals surface area contributed by atoms with Gasteiger partial charge in [0.05, 0.1) is 5.56 Å². The lowest BCUT2D eigenvalue weighted by Gasteiger charge is -2.21. The average molecular weight is 224 g/mol. The standard InChI is InChI=1S/C11H16N2OS/c1-2-7-3-4-8-9(11(14)13-12)6-15-10(8)5-7/h6-7H,2-5,12H2,1H3,(H,13,14). The van der Waals surface area contributed by atoms with Crippen molar-refractivity contribution in [2.75, 3.05) is 0 Å². The molecule has 0 aliphatic heterocycles. The van der Waals surface area contributed by atoms with Gasteiger partial charge >= 0.3 is 0 Å². The van der Waals surface area contributed by atoms with Crippen LogP contribution in [0.2, 0.25) is 0 Å². The summed E-state index contributed by atoms with van der Waals surface area (Å²) in [6.45, 7) is 2.23. The van der Waals surface area contributed by atoms with Crippen molar-refractivity contribution in [3.8, 4) is 0 Å². The zero-order chi connectivity index (χ0) is 10.8. The van der Waals surface area contributed by atoms with Crippen LogP contribution >= 0.6 is 11.3 Å². The first-order chi connectivity index (χ1) is 7.26. The molecule has 0 bridgehead atoms. The van der Waals surface area contributed by atoms with Crippen LogP contribution < -0.4 is 11.3 Å². The minimum Gasteiger partial charge on any atom is -0.290 e. The number of nitrogens with one attached hydrogen (secondary N) is 1. The van der Waals surface area contributed by atoms with Crippen LogP contribution in [0.25, 0.3) is 0 Å². The molecule has 82 valence electrons. The molecule has 1 atom stereocenters. The van der Waals surface area contributed by atoms with Crippen LogP contribution in [0.1, 0.15) is 40.6 Å². The topological polar surface area (TPSA) is 55.1 Å². The van der Waals surface area contributed by atoms with Gasteiger partial charge in [0.1, 0.15) is 0 Å². The Bertz CT molecular complexity index is 373. The summed E-state index contributed by atoms with van der Waals surface area (Å²) < 4.78 is 0. The number of hydrogen-bond donors (Lipinski definition) is 2. The first kappa shape index (κ1) is 10.6. The van der Waals surface area contributed by atoms with E-state index >= 15 is 0 Å². The molecule has 4 heteroatoms. The van der Waals surface area contributed by atoms with E-state index in [0.29, 0.717) is 0 Å². The Hall–Kier alpha value is -0.870. The number of hydrogen-bond acceptors (Lipinski definition) is 3. The van der Waals surface area contributed by atoms with E-state index < -0.39 is 0 Å². The van der Waals surface area contributed by atoms with Crippen LogP contribution in [0.5, 0.6) is 0 Å². The molecule has 3 nitrogen and oxygen atoms in total. The lowest BCUT2D eigenvalue weighted by Crippen LogP contribution is -2.30. The molecule has 1 aliphatic carbocycles. The highest BCUT2D eigenvalue weighted by Gasteiger charge is 2.23. The zero-order valence-electron chi connectivity index (χ0n) is 8.88. The van der Waals surface area contributed by atoms with E-state index in [1.807, 2.05) is 5.38 Å². The molecule has 2 rings (SSSR count). The van der Waals surface area contributed by atoms with Crippen LogP contribution in [0.15, 0.2) is 5.38 Å². The molecule has 15 heavy (non-hydrogen) atoms. The van der Waals surface area contributed by atoms with E-state index in [0.717, 1.165) is 24.3 Å². The number of carbonyl (C=O) groups is 1. The average Bonchev–Trinajstić information content (AvgIpc) is 2.70. The number of nitrogen functional groups attached to an aromatic ring is 1. The number of rotatable bonds is 2. The summed E-state index contributed by atoms with van der Waals surface area (Å²) in [5.74, 6) is 5.80. The molecule has 0 fully saturated rings. The van der Waals surface area contributed by atoms with Gasteiger partial charge in [-0.2, -0.15) is 0 Å². The zero-order valence-corrected chi connectivity index (χ0v) is 9.69. The number of carbonyl (C=O) groups excluding carboxylic acids is 1. The van der Waals surface area contributed by atoms with Crippen molar-refractivity contribution in [3.63, 3.8) is 0 Å². The smallest absolute Gasteiger partial charge is 0.266 e. The lowest BCUT2D eigenvalue weighted by molar-refractivity contribution is 0.0953. The maximum absolute atomic E-state index is 11.5. The van der Waals surface area contributed by atoms with Crippen LogP contribution in [0.4, 0.5) is 0 Å². The van der Waals surface area contributed by atoms with Crippen LogP contribution in [0, 0.1) is 5.92 Å².